The number of benzene rings is 1. The third-order valence-electron chi connectivity index (χ3n) is 3.72. The second-order valence-electron chi connectivity index (χ2n) is 5.40. The highest BCUT2D eigenvalue weighted by Gasteiger charge is 2.15. The van der Waals surface area contributed by atoms with Gasteiger partial charge in [0.2, 0.25) is 5.13 Å². The molecule has 2 rings (SSSR count). The van der Waals surface area contributed by atoms with Gasteiger partial charge in [-0.2, -0.15) is 0 Å². The molecule has 6 heteroatoms. The number of ether oxygens (including phenoxy) is 1. The number of hydrogen-bond donors (Lipinski definition) is 1. The van der Waals surface area contributed by atoms with Crippen molar-refractivity contribution in [1.29, 1.82) is 0 Å². The summed E-state index contributed by atoms with van der Waals surface area (Å²) in [6.07, 6.45) is 4.54. The molecule has 0 radical (unpaired) electrons. The topological polar surface area (TPSA) is 64.1 Å². The molecule has 128 valence electrons. The first kappa shape index (κ1) is 18.1. The molecular formula is C18H23N3O2S. The van der Waals surface area contributed by atoms with Crippen molar-refractivity contribution in [3.8, 4) is 5.75 Å². The Bertz CT molecular complexity index is 680. The molecule has 0 atom stereocenters. The highest BCUT2D eigenvalue weighted by atomic mass is 32.1. The van der Waals surface area contributed by atoms with Crippen molar-refractivity contribution in [2.45, 2.75) is 39.0 Å². The highest BCUT2D eigenvalue weighted by Crippen LogP contribution is 2.28. The second-order valence-corrected chi connectivity index (χ2v) is 6.41. The summed E-state index contributed by atoms with van der Waals surface area (Å²) in [6.45, 7) is 7.92. The van der Waals surface area contributed by atoms with Gasteiger partial charge in [0.25, 0.3) is 5.91 Å². The molecule has 0 aliphatic rings. The van der Waals surface area contributed by atoms with Crippen molar-refractivity contribution in [1.82, 2.24) is 10.2 Å². The van der Waals surface area contributed by atoms with Gasteiger partial charge in [-0.25, -0.2) is 0 Å². The van der Waals surface area contributed by atoms with Crippen LogP contribution < -0.4 is 10.1 Å². The number of para-hydroxylation sites is 1. The summed E-state index contributed by atoms with van der Waals surface area (Å²) >= 11 is 1.43. The summed E-state index contributed by atoms with van der Waals surface area (Å²) in [5, 5.41) is 12.4. The van der Waals surface area contributed by atoms with E-state index in [2.05, 4.69) is 35.9 Å². The van der Waals surface area contributed by atoms with Gasteiger partial charge in [0.05, 0.1) is 0 Å². The van der Waals surface area contributed by atoms with Crippen LogP contribution in [0.25, 0.3) is 0 Å². The standard InChI is InChI=1S/C18H23N3O2S/c1-4-9-14-10-7-8-11-15(14)23-12-16(22)19-18-21-20-17(24-18)13(5-2)6-3/h4,7-8,10-11,13H,1,5-6,9,12H2,2-3H3,(H,19,21,22). The van der Waals surface area contributed by atoms with Gasteiger partial charge in [-0.05, 0) is 30.9 Å². The van der Waals surface area contributed by atoms with E-state index in [4.69, 9.17) is 4.74 Å². The van der Waals surface area contributed by atoms with Gasteiger partial charge < -0.3 is 4.74 Å². The molecule has 1 heterocycles. The normalized spacial score (nSPS) is 10.6. The zero-order valence-corrected chi connectivity index (χ0v) is 14.9. The van der Waals surface area contributed by atoms with Crippen LogP contribution in [0.1, 0.15) is 43.2 Å². The van der Waals surface area contributed by atoms with Crippen LogP contribution in [-0.4, -0.2) is 22.7 Å². The summed E-state index contributed by atoms with van der Waals surface area (Å²) < 4.78 is 5.62. The van der Waals surface area contributed by atoms with Crippen LogP contribution in [0.2, 0.25) is 0 Å². The van der Waals surface area contributed by atoms with E-state index in [0.717, 1.165) is 23.4 Å². The van der Waals surface area contributed by atoms with Crippen LogP contribution >= 0.6 is 11.3 Å². The first-order valence-corrected chi connectivity index (χ1v) is 8.94. The Morgan fingerprint density at radius 1 is 1.33 bits per heavy atom. The number of allylic oxidation sites excluding steroid dienone is 1. The molecule has 24 heavy (non-hydrogen) atoms. The fourth-order valence-electron chi connectivity index (χ4n) is 2.36. The number of rotatable bonds is 9. The van der Waals surface area contributed by atoms with E-state index in [1.165, 1.54) is 11.3 Å². The predicted octanol–water partition coefficient (Wildman–Crippen LogP) is 4.19. The van der Waals surface area contributed by atoms with Crippen molar-refractivity contribution in [3.05, 3.63) is 47.5 Å². The molecular weight excluding hydrogens is 322 g/mol. The number of carbonyl (C=O) groups excluding carboxylic acids is 1. The Balaban J connectivity index is 1.91. The summed E-state index contributed by atoms with van der Waals surface area (Å²) in [7, 11) is 0. The van der Waals surface area contributed by atoms with Crippen molar-refractivity contribution in [2.24, 2.45) is 0 Å². The lowest BCUT2D eigenvalue weighted by Crippen LogP contribution is -2.20. The third kappa shape index (κ3) is 4.89. The summed E-state index contributed by atoms with van der Waals surface area (Å²) in [4.78, 5) is 12.1. The van der Waals surface area contributed by atoms with E-state index in [-0.39, 0.29) is 12.5 Å². The quantitative estimate of drug-likeness (QED) is 0.692. The van der Waals surface area contributed by atoms with Gasteiger partial charge in [-0.15, -0.1) is 16.8 Å². The number of aromatic nitrogens is 2. The Labute approximate surface area is 146 Å². The fraction of sp³-hybridized carbons (Fsp3) is 0.389. The number of carbonyl (C=O) groups is 1. The van der Waals surface area contributed by atoms with Gasteiger partial charge in [0.1, 0.15) is 10.8 Å². The molecule has 2 aromatic rings. The van der Waals surface area contributed by atoms with Gasteiger partial charge in [0, 0.05) is 5.92 Å². The predicted molar refractivity (Wildman–Crippen MR) is 97.7 cm³/mol. The van der Waals surface area contributed by atoms with Crippen molar-refractivity contribution >= 4 is 22.4 Å². The molecule has 1 amide bonds. The Morgan fingerprint density at radius 3 is 2.79 bits per heavy atom. The average Bonchev–Trinajstić information content (AvgIpc) is 3.04. The molecule has 0 saturated heterocycles. The smallest absolute Gasteiger partial charge is 0.264 e. The van der Waals surface area contributed by atoms with Crippen molar-refractivity contribution in [2.75, 3.05) is 11.9 Å². The molecule has 0 spiro atoms. The summed E-state index contributed by atoms with van der Waals surface area (Å²) in [5.74, 6) is 0.855. The number of nitrogens with zero attached hydrogens (tertiary/aromatic N) is 2. The van der Waals surface area contributed by atoms with Crippen LogP contribution in [0, 0.1) is 0 Å². The minimum absolute atomic E-state index is 0.0615. The molecule has 0 saturated carbocycles. The second kappa shape index (κ2) is 9.17. The van der Waals surface area contributed by atoms with E-state index in [1.54, 1.807) is 0 Å². The lowest BCUT2D eigenvalue weighted by atomic mass is 10.1. The van der Waals surface area contributed by atoms with E-state index in [0.29, 0.717) is 23.2 Å². The van der Waals surface area contributed by atoms with E-state index in [9.17, 15) is 4.79 Å². The van der Waals surface area contributed by atoms with Crippen molar-refractivity contribution in [3.63, 3.8) is 0 Å². The first-order chi connectivity index (χ1) is 11.7. The zero-order valence-electron chi connectivity index (χ0n) is 14.1. The average molecular weight is 345 g/mol. The number of amides is 1. The number of anilines is 1. The van der Waals surface area contributed by atoms with Crippen LogP contribution in [0.15, 0.2) is 36.9 Å². The monoisotopic (exact) mass is 345 g/mol. The maximum atomic E-state index is 12.1. The van der Waals surface area contributed by atoms with Gasteiger partial charge in [0.15, 0.2) is 6.61 Å². The molecule has 0 aliphatic carbocycles. The number of hydrogen-bond acceptors (Lipinski definition) is 5. The lowest BCUT2D eigenvalue weighted by molar-refractivity contribution is -0.118. The Hall–Kier alpha value is -2.21. The molecule has 0 bridgehead atoms. The van der Waals surface area contributed by atoms with E-state index >= 15 is 0 Å². The van der Waals surface area contributed by atoms with Gasteiger partial charge in [-0.1, -0.05) is 49.5 Å². The molecule has 5 nitrogen and oxygen atoms in total. The van der Waals surface area contributed by atoms with E-state index < -0.39 is 0 Å². The molecule has 0 fully saturated rings. The molecule has 1 aromatic carbocycles. The highest BCUT2D eigenvalue weighted by molar-refractivity contribution is 7.15. The van der Waals surface area contributed by atoms with E-state index in [1.807, 2.05) is 30.3 Å². The molecule has 0 unspecified atom stereocenters. The minimum atomic E-state index is -0.240. The largest absolute Gasteiger partial charge is 0.483 e. The van der Waals surface area contributed by atoms with Crippen LogP contribution in [0.3, 0.4) is 0 Å². The molecule has 1 aromatic heterocycles. The minimum Gasteiger partial charge on any atom is -0.483 e. The lowest BCUT2D eigenvalue weighted by Gasteiger charge is -2.09. The third-order valence-corrected chi connectivity index (χ3v) is 4.72. The first-order valence-electron chi connectivity index (χ1n) is 8.12. The fourth-order valence-corrected chi connectivity index (χ4v) is 3.38. The maximum absolute atomic E-state index is 12.1. The molecule has 0 aliphatic heterocycles. The maximum Gasteiger partial charge on any atom is 0.264 e. The van der Waals surface area contributed by atoms with Crippen LogP contribution in [0.5, 0.6) is 5.75 Å². The van der Waals surface area contributed by atoms with Crippen LogP contribution in [0.4, 0.5) is 5.13 Å². The summed E-state index contributed by atoms with van der Waals surface area (Å²) in [5.41, 5.74) is 1.01. The SMILES string of the molecule is C=CCc1ccccc1OCC(=O)Nc1nnc(C(CC)CC)s1. The summed E-state index contributed by atoms with van der Waals surface area (Å²) in [6, 6.07) is 7.63. The molecule has 1 N–H and O–H groups in total. The van der Waals surface area contributed by atoms with Crippen LogP contribution in [-0.2, 0) is 11.2 Å². The number of nitrogens with one attached hydrogen (secondary N) is 1. The van der Waals surface area contributed by atoms with Gasteiger partial charge >= 0.3 is 0 Å². The Kier molecular flexibility index (Phi) is 6.93. The van der Waals surface area contributed by atoms with Gasteiger partial charge in [-0.3, -0.25) is 10.1 Å². The van der Waals surface area contributed by atoms with Crippen molar-refractivity contribution < 1.29 is 9.53 Å². The Morgan fingerprint density at radius 2 is 2.08 bits per heavy atom. The zero-order chi connectivity index (χ0) is 17.4.